The second-order valence-corrected chi connectivity index (χ2v) is 6.21. The minimum atomic E-state index is -0.199. The standard InChI is InChI=1S/C18H23N3O4/c1-13-3-5-15(24-13)17(22)19-7-8-20-9-11-21(12-10-20)18(23)16-6-4-14(2)25-16/h3-6H,7-12H2,1-2H3,(H,19,22). The van der Waals surface area contributed by atoms with E-state index in [2.05, 4.69) is 10.2 Å². The molecular formula is C18H23N3O4. The molecule has 0 saturated carbocycles. The molecule has 1 aliphatic rings. The van der Waals surface area contributed by atoms with Crippen LogP contribution in [0.25, 0.3) is 0 Å². The van der Waals surface area contributed by atoms with E-state index in [0.29, 0.717) is 31.2 Å². The Hall–Kier alpha value is -2.54. The number of furan rings is 2. The lowest BCUT2D eigenvalue weighted by Crippen LogP contribution is -2.50. The number of carbonyl (C=O) groups excluding carboxylic acids is 2. The van der Waals surface area contributed by atoms with E-state index in [-0.39, 0.29) is 11.8 Å². The Labute approximate surface area is 146 Å². The molecule has 0 aliphatic carbocycles. The summed E-state index contributed by atoms with van der Waals surface area (Å²) in [4.78, 5) is 28.3. The Morgan fingerprint density at radius 3 is 2.12 bits per heavy atom. The zero-order chi connectivity index (χ0) is 17.8. The van der Waals surface area contributed by atoms with Crippen molar-refractivity contribution in [1.82, 2.24) is 15.1 Å². The summed E-state index contributed by atoms with van der Waals surface area (Å²) < 4.78 is 10.7. The van der Waals surface area contributed by atoms with Gasteiger partial charge in [0.1, 0.15) is 11.5 Å². The van der Waals surface area contributed by atoms with E-state index < -0.39 is 0 Å². The largest absolute Gasteiger partial charge is 0.456 e. The first-order valence-corrected chi connectivity index (χ1v) is 8.45. The predicted molar refractivity (Wildman–Crippen MR) is 91.6 cm³/mol. The second-order valence-electron chi connectivity index (χ2n) is 6.21. The normalized spacial score (nSPS) is 15.4. The summed E-state index contributed by atoms with van der Waals surface area (Å²) in [5.41, 5.74) is 0. The number of carbonyl (C=O) groups is 2. The van der Waals surface area contributed by atoms with Gasteiger partial charge in [0, 0.05) is 39.3 Å². The van der Waals surface area contributed by atoms with Crippen LogP contribution < -0.4 is 5.32 Å². The minimum Gasteiger partial charge on any atom is -0.456 e. The van der Waals surface area contributed by atoms with Gasteiger partial charge < -0.3 is 19.1 Å². The average molecular weight is 345 g/mol. The second kappa shape index (κ2) is 7.57. The molecule has 0 atom stereocenters. The fourth-order valence-electron chi connectivity index (χ4n) is 2.85. The van der Waals surface area contributed by atoms with Crippen molar-refractivity contribution in [2.24, 2.45) is 0 Å². The van der Waals surface area contributed by atoms with Gasteiger partial charge in [-0.2, -0.15) is 0 Å². The van der Waals surface area contributed by atoms with Gasteiger partial charge in [-0.1, -0.05) is 0 Å². The van der Waals surface area contributed by atoms with Crippen LogP contribution >= 0.6 is 0 Å². The molecule has 134 valence electrons. The summed E-state index contributed by atoms with van der Waals surface area (Å²) >= 11 is 0. The van der Waals surface area contributed by atoms with Crippen LogP contribution in [0.4, 0.5) is 0 Å². The molecule has 7 heteroatoms. The van der Waals surface area contributed by atoms with E-state index in [4.69, 9.17) is 8.83 Å². The first kappa shape index (κ1) is 17.3. The third kappa shape index (κ3) is 4.30. The molecule has 3 rings (SSSR count). The third-order valence-corrected chi connectivity index (χ3v) is 4.29. The molecule has 3 heterocycles. The van der Waals surface area contributed by atoms with Crippen molar-refractivity contribution >= 4 is 11.8 Å². The number of nitrogens with zero attached hydrogens (tertiary/aromatic N) is 2. The van der Waals surface area contributed by atoms with E-state index in [1.54, 1.807) is 29.2 Å². The number of nitrogens with one attached hydrogen (secondary N) is 1. The van der Waals surface area contributed by atoms with Crippen molar-refractivity contribution < 1.29 is 18.4 Å². The number of amides is 2. The maximum Gasteiger partial charge on any atom is 0.289 e. The van der Waals surface area contributed by atoms with Gasteiger partial charge in [-0.15, -0.1) is 0 Å². The van der Waals surface area contributed by atoms with Gasteiger partial charge in [-0.3, -0.25) is 14.5 Å². The van der Waals surface area contributed by atoms with Crippen molar-refractivity contribution in [1.29, 1.82) is 0 Å². The number of hydrogen-bond donors (Lipinski definition) is 1. The summed E-state index contributed by atoms with van der Waals surface area (Å²) in [7, 11) is 0. The maximum absolute atomic E-state index is 12.3. The van der Waals surface area contributed by atoms with E-state index in [1.807, 2.05) is 13.8 Å². The van der Waals surface area contributed by atoms with Gasteiger partial charge in [-0.05, 0) is 38.1 Å². The summed E-state index contributed by atoms with van der Waals surface area (Å²) in [5, 5.41) is 2.85. The molecule has 25 heavy (non-hydrogen) atoms. The summed E-state index contributed by atoms with van der Waals surface area (Å²) in [5.74, 6) is 1.93. The monoisotopic (exact) mass is 345 g/mol. The molecule has 2 aromatic rings. The molecule has 1 aliphatic heterocycles. The third-order valence-electron chi connectivity index (χ3n) is 4.29. The van der Waals surface area contributed by atoms with Crippen LogP contribution in [0.1, 0.15) is 32.6 Å². The smallest absolute Gasteiger partial charge is 0.289 e. The predicted octanol–water partition coefficient (Wildman–Crippen LogP) is 1.68. The molecule has 1 N–H and O–H groups in total. The van der Waals surface area contributed by atoms with Gasteiger partial charge >= 0.3 is 0 Å². The highest BCUT2D eigenvalue weighted by molar-refractivity contribution is 5.92. The number of rotatable bonds is 5. The quantitative estimate of drug-likeness (QED) is 0.892. The Morgan fingerprint density at radius 2 is 1.56 bits per heavy atom. The molecule has 2 amide bonds. The molecule has 0 aromatic carbocycles. The average Bonchev–Trinajstić information content (AvgIpc) is 3.23. The van der Waals surface area contributed by atoms with Crippen LogP contribution in [-0.4, -0.2) is 60.9 Å². The molecular weight excluding hydrogens is 322 g/mol. The Balaban J connectivity index is 1.39. The number of aryl methyl sites for hydroxylation is 2. The van der Waals surface area contributed by atoms with Crippen LogP contribution in [0.3, 0.4) is 0 Å². The lowest BCUT2D eigenvalue weighted by molar-refractivity contribution is 0.0605. The van der Waals surface area contributed by atoms with Crippen LogP contribution in [0.5, 0.6) is 0 Å². The highest BCUT2D eigenvalue weighted by Gasteiger charge is 2.23. The summed E-state index contributed by atoms with van der Waals surface area (Å²) in [6.07, 6.45) is 0. The van der Waals surface area contributed by atoms with Gasteiger partial charge in [0.05, 0.1) is 0 Å². The lowest BCUT2D eigenvalue weighted by atomic mass is 10.3. The van der Waals surface area contributed by atoms with Crippen LogP contribution in [0.2, 0.25) is 0 Å². The van der Waals surface area contributed by atoms with Crippen molar-refractivity contribution in [3.63, 3.8) is 0 Å². The minimum absolute atomic E-state index is 0.0609. The van der Waals surface area contributed by atoms with E-state index in [0.717, 1.165) is 31.2 Å². The van der Waals surface area contributed by atoms with E-state index in [9.17, 15) is 9.59 Å². The number of hydrogen-bond acceptors (Lipinski definition) is 5. The van der Waals surface area contributed by atoms with Crippen molar-refractivity contribution in [2.45, 2.75) is 13.8 Å². The maximum atomic E-state index is 12.3. The van der Waals surface area contributed by atoms with Gasteiger partial charge in [0.2, 0.25) is 0 Å². The van der Waals surface area contributed by atoms with Gasteiger partial charge in [0.15, 0.2) is 11.5 Å². The highest BCUT2D eigenvalue weighted by Crippen LogP contribution is 2.12. The zero-order valence-corrected chi connectivity index (χ0v) is 14.6. The molecule has 0 bridgehead atoms. The molecule has 0 radical (unpaired) electrons. The molecule has 0 unspecified atom stereocenters. The molecule has 2 aromatic heterocycles. The van der Waals surface area contributed by atoms with Crippen LogP contribution in [0.15, 0.2) is 33.1 Å². The SMILES string of the molecule is Cc1ccc(C(=O)NCCN2CCN(C(=O)c3ccc(C)o3)CC2)o1. The summed E-state index contributed by atoms with van der Waals surface area (Å²) in [6.45, 7) is 7.79. The molecule has 1 saturated heterocycles. The van der Waals surface area contributed by atoms with Gasteiger partial charge in [0.25, 0.3) is 11.8 Å². The fraction of sp³-hybridized carbons (Fsp3) is 0.444. The van der Waals surface area contributed by atoms with Crippen molar-refractivity contribution in [3.05, 3.63) is 47.3 Å². The Morgan fingerprint density at radius 1 is 0.960 bits per heavy atom. The molecule has 1 fully saturated rings. The lowest BCUT2D eigenvalue weighted by Gasteiger charge is -2.34. The summed E-state index contributed by atoms with van der Waals surface area (Å²) in [6, 6.07) is 6.96. The Kier molecular flexibility index (Phi) is 5.23. The van der Waals surface area contributed by atoms with Gasteiger partial charge in [-0.25, -0.2) is 0 Å². The Bertz CT molecular complexity index is 738. The fourth-order valence-corrected chi connectivity index (χ4v) is 2.85. The highest BCUT2D eigenvalue weighted by atomic mass is 16.4. The van der Waals surface area contributed by atoms with Crippen LogP contribution in [-0.2, 0) is 0 Å². The topological polar surface area (TPSA) is 78.9 Å². The van der Waals surface area contributed by atoms with Crippen molar-refractivity contribution in [2.75, 3.05) is 39.3 Å². The van der Waals surface area contributed by atoms with E-state index in [1.165, 1.54) is 0 Å². The van der Waals surface area contributed by atoms with E-state index >= 15 is 0 Å². The molecule has 0 spiro atoms. The first-order valence-electron chi connectivity index (χ1n) is 8.45. The number of piperazine rings is 1. The van der Waals surface area contributed by atoms with Crippen LogP contribution in [0, 0.1) is 13.8 Å². The zero-order valence-electron chi connectivity index (χ0n) is 14.6. The van der Waals surface area contributed by atoms with Crippen molar-refractivity contribution in [3.8, 4) is 0 Å². The molecule has 7 nitrogen and oxygen atoms in total. The first-order chi connectivity index (χ1) is 12.0.